The van der Waals surface area contributed by atoms with Crippen molar-refractivity contribution in [2.45, 2.75) is 71.7 Å². The van der Waals surface area contributed by atoms with E-state index in [0.29, 0.717) is 32.3 Å². The molecule has 0 amide bonds. The first-order chi connectivity index (χ1) is 9.68. The minimum Gasteiger partial charge on any atom is -0.350 e. The summed E-state index contributed by atoms with van der Waals surface area (Å²) in [5, 5.41) is 0. The van der Waals surface area contributed by atoms with Gasteiger partial charge in [-0.25, -0.2) is 0 Å². The van der Waals surface area contributed by atoms with Gasteiger partial charge in [-0.2, -0.15) is 12.6 Å². The minimum absolute atomic E-state index is 0.0679. The Bertz CT molecular complexity index is 376. The molecule has 1 atom stereocenters. The molecule has 5 heteroatoms. The van der Waals surface area contributed by atoms with Crippen LogP contribution in [0, 0.1) is 5.41 Å². The second-order valence-corrected chi connectivity index (χ2v) is 7.31. The smallest absolute Gasteiger partial charge is 0.163 e. The number of carbonyl (C=O) groups excluding carboxylic acids is 2. The van der Waals surface area contributed by atoms with Crippen molar-refractivity contribution in [3.8, 4) is 0 Å². The Morgan fingerprint density at radius 2 is 1.71 bits per heavy atom. The first kappa shape index (κ1) is 18.7. The molecule has 1 aliphatic rings. The molecule has 1 rings (SSSR count). The second kappa shape index (κ2) is 7.75. The van der Waals surface area contributed by atoms with E-state index < -0.39 is 11.9 Å². The molecule has 1 fully saturated rings. The number of hydrogen-bond donors (Lipinski definition) is 1. The third kappa shape index (κ3) is 6.09. The van der Waals surface area contributed by atoms with Crippen LogP contribution < -0.4 is 0 Å². The van der Waals surface area contributed by atoms with Gasteiger partial charge in [0.15, 0.2) is 11.6 Å². The Morgan fingerprint density at radius 1 is 1.10 bits per heavy atom. The zero-order chi connectivity index (χ0) is 16.1. The van der Waals surface area contributed by atoms with Crippen molar-refractivity contribution in [1.82, 2.24) is 0 Å². The topological polar surface area (TPSA) is 52.6 Å². The molecule has 21 heavy (non-hydrogen) atoms. The van der Waals surface area contributed by atoms with Gasteiger partial charge in [0.2, 0.25) is 0 Å². The summed E-state index contributed by atoms with van der Waals surface area (Å²) in [6, 6.07) is 0. The van der Waals surface area contributed by atoms with E-state index in [1.165, 1.54) is 0 Å². The van der Waals surface area contributed by atoms with E-state index in [1.807, 2.05) is 27.7 Å². The quantitative estimate of drug-likeness (QED) is 0.699. The first-order valence-electron chi connectivity index (χ1n) is 7.65. The highest BCUT2D eigenvalue weighted by Gasteiger charge is 2.45. The van der Waals surface area contributed by atoms with Gasteiger partial charge in [0.25, 0.3) is 0 Å². The largest absolute Gasteiger partial charge is 0.350 e. The van der Waals surface area contributed by atoms with Crippen molar-refractivity contribution < 1.29 is 19.1 Å². The monoisotopic (exact) mass is 316 g/mol. The lowest BCUT2D eigenvalue weighted by atomic mass is 9.82. The van der Waals surface area contributed by atoms with Crippen molar-refractivity contribution >= 4 is 24.2 Å². The van der Waals surface area contributed by atoms with E-state index in [1.54, 1.807) is 0 Å². The lowest BCUT2D eigenvalue weighted by Crippen LogP contribution is -2.53. The Kier molecular flexibility index (Phi) is 6.88. The van der Waals surface area contributed by atoms with Gasteiger partial charge in [0.05, 0.1) is 6.61 Å². The molecule has 0 aromatic rings. The van der Waals surface area contributed by atoms with Gasteiger partial charge >= 0.3 is 0 Å². The van der Waals surface area contributed by atoms with Gasteiger partial charge in [-0.1, -0.05) is 13.8 Å². The molecular weight excluding hydrogens is 288 g/mol. The Hall–Kier alpha value is -0.390. The molecule has 0 aromatic heterocycles. The van der Waals surface area contributed by atoms with Gasteiger partial charge in [0, 0.05) is 24.7 Å². The van der Waals surface area contributed by atoms with Gasteiger partial charge in [-0.05, 0) is 32.4 Å². The van der Waals surface area contributed by atoms with Crippen LogP contribution in [0.5, 0.6) is 0 Å². The number of ether oxygens (including phenoxy) is 2. The van der Waals surface area contributed by atoms with E-state index >= 15 is 0 Å². The number of Topliss-reactive ketones (excluding diaryl/α,β-unsaturated/α-hetero) is 2. The summed E-state index contributed by atoms with van der Waals surface area (Å²) in [4.78, 5) is 24.0. The van der Waals surface area contributed by atoms with Gasteiger partial charge in [-0.15, -0.1) is 0 Å². The number of thiol groups is 1. The fourth-order valence-corrected chi connectivity index (χ4v) is 2.56. The molecule has 0 bridgehead atoms. The first-order valence-corrected chi connectivity index (χ1v) is 8.28. The molecule has 0 unspecified atom stereocenters. The summed E-state index contributed by atoms with van der Waals surface area (Å²) in [5.74, 6) is 0.282. The zero-order valence-electron chi connectivity index (χ0n) is 13.6. The van der Waals surface area contributed by atoms with E-state index in [2.05, 4.69) is 12.6 Å². The van der Waals surface area contributed by atoms with Crippen LogP contribution in [0.4, 0.5) is 0 Å². The van der Waals surface area contributed by atoms with Crippen molar-refractivity contribution in [3.63, 3.8) is 0 Å². The Morgan fingerprint density at radius 3 is 2.33 bits per heavy atom. The van der Waals surface area contributed by atoms with E-state index in [4.69, 9.17) is 9.47 Å². The maximum atomic E-state index is 12.4. The molecule has 0 N–H and O–H groups in total. The maximum absolute atomic E-state index is 12.4. The normalized spacial score (nSPS) is 23.8. The highest BCUT2D eigenvalue weighted by molar-refractivity contribution is 7.80. The predicted octanol–water partition coefficient (Wildman–Crippen LogP) is 3.18. The average molecular weight is 316 g/mol. The molecular formula is C16H28O4S. The molecule has 1 saturated heterocycles. The zero-order valence-corrected chi connectivity index (χ0v) is 14.5. The van der Waals surface area contributed by atoms with Crippen molar-refractivity contribution in [2.24, 2.45) is 5.41 Å². The number of ketones is 2. The predicted molar refractivity (Wildman–Crippen MR) is 85.6 cm³/mol. The summed E-state index contributed by atoms with van der Waals surface area (Å²) >= 11 is 4.09. The number of rotatable bonds is 8. The fourth-order valence-electron chi connectivity index (χ4n) is 2.41. The van der Waals surface area contributed by atoms with Crippen LogP contribution >= 0.6 is 12.6 Å². The SMILES string of the molecule is CC1(C)OCC(C)(C)[C@H](C(=O)CCCC(=O)CCCS)O1. The van der Waals surface area contributed by atoms with Crippen LogP contribution in [0.1, 0.15) is 59.8 Å². The molecule has 0 radical (unpaired) electrons. The van der Waals surface area contributed by atoms with Gasteiger partial charge in [-0.3, -0.25) is 9.59 Å². The van der Waals surface area contributed by atoms with Gasteiger partial charge < -0.3 is 9.47 Å². The fraction of sp³-hybridized carbons (Fsp3) is 0.875. The van der Waals surface area contributed by atoms with Crippen LogP contribution in [-0.4, -0.2) is 35.8 Å². The summed E-state index contributed by atoms with van der Waals surface area (Å²) in [7, 11) is 0. The maximum Gasteiger partial charge on any atom is 0.163 e. The van der Waals surface area contributed by atoms with Gasteiger partial charge in [0.1, 0.15) is 11.9 Å². The molecule has 1 heterocycles. The highest BCUT2D eigenvalue weighted by Crippen LogP contribution is 2.35. The molecule has 0 spiro atoms. The second-order valence-electron chi connectivity index (χ2n) is 6.86. The number of carbonyl (C=O) groups is 2. The van der Waals surface area contributed by atoms with E-state index in [9.17, 15) is 9.59 Å². The molecule has 1 aliphatic heterocycles. The lowest BCUT2D eigenvalue weighted by molar-refractivity contribution is -0.303. The third-order valence-corrected chi connectivity index (χ3v) is 4.00. The van der Waals surface area contributed by atoms with E-state index in [0.717, 1.165) is 12.2 Å². The van der Waals surface area contributed by atoms with Crippen LogP contribution in [0.25, 0.3) is 0 Å². The molecule has 4 nitrogen and oxygen atoms in total. The lowest BCUT2D eigenvalue weighted by Gasteiger charge is -2.45. The van der Waals surface area contributed by atoms with Crippen LogP contribution in [0.15, 0.2) is 0 Å². The Balaban J connectivity index is 2.44. The summed E-state index contributed by atoms with van der Waals surface area (Å²) < 4.78 is 11.4. The van der Waals surface area contributed by atoms with Crippen LogP contribution in [-0.2, 0) is 19.1 Å². The van der Waals surface area contributed by atoms with E-state index in [-0.39, 0.29) is 17.0 Å². The average Bonchev–Trinajstić information content (AvgIpc) is 2.39. The molecule has 0 aliphatic carbocycles. The third-order valence-electron chi connectivity index (χ3n) is 3.69. The van der Waals surface area contributed by atoms with Crippen LogP contribution in [0.3, 0.4) is 0 Å². The Labute approximate surface area is 133 Å². The molecule has 0 saturated carbocycles. The standard InChI is InChI=1S/C16H28O4S/c1-15(2)11-19-16(3,4)20-14(15)13(18)9-5-7-12(17)8-6-10-21/h14,21H,5-11H2,1-4H3/t14-/m0/s1. The van der Waals surface area contributed by atoms with Crippen molar-refractivity contribution in [1.29, 1.82) is 0 Å². The summed E-state index contributed by atoms with van der Waals surface area (Å²) in [6.45, 7) is 8.09. The minimum atomic E-state index is -0.724. The molecule has 0 aromatic carbocycles. The number of hydrogen-bond acceptors (Lipinski definition) is 5. The van der Waals surface area contributed by atoms with Crippen molar-refractivity contribution in [3.05, 3.63) is 0 Å². The molecule has 122 valence electrons. The summed E-state index contributed by atoms with van der Waals surface area (Å²) in [5.41, 5.74) is -0.331. The van der Waals surface area contributed by atoms with Crippen molar-refractivity contribution in [2.75, 3.05) is 12.4 Å². The van der Waals surface area contributed by atoms with Crippen LogP contribution in [0.2, 0.25) is 0 Å². The summed E-state index contributed by atoms with van der Waals surface area (Å²) in [6.07, 6.45) is 2.35. The highest BCUT2D eigenvalue weighted by atomic mass is 32.1.